The first-order chi connectivity index (χ1) is 14.2. The van der Waals surface area contributed by atoms with Gasteiger partial charge in [0.25, 0.3) is 0 Å². The van der Waals surface area contributed by atoms with Crippen LogP contribution in [-0.4, -0.2) is 59.6 Å². The van der Waals surface area contributed by atoms with Crippen molar-refractivity contribution in [2.24, 2.45) is 0 Å². The van der Waals surface area contributed by atoms with Crippen molar-refractivity contribution >= 4 is 0 Å². The molecule has 0 unspecified atom stereocenters. The number of hydrogen-bond acceptors (Lipinski definition) is 5. The lowest BCUT2D eigenvalue weighted by Crippen LogP contribution is -2.55. The zero-order chi connectivity index (χ0) is 21.2. The molecular weight excluding hydrogens is 368 g/mol. The van der Waals surface area contributed by atoms with Gasteiger partial charge < -0.3 is 24.8 Å². The first-order valence-electron chi connectivity index (χ1n) is 12.1. The predicted octanol–water partition coefficient (Wildman–Crippen LogP) is 4.52. The lowest BCUT2D eigenvalue weighted by molar-refractivity contribution is -0.211. The van der Waals surface area contributed by atoms with Crippen LogP contribution in [-0.2, 0) is 9.47 Å². The Balaban J connectivity index is 1.87. The molecule has 5 nitrogen and oxygen atoms in total. The molecule has 0 amide bonds. The highest BCUT2D eigenvalue weighted by atomic mass is 16.6. The maximum Gasteiger partial charge on any atom is 0.114 e. The second-order valence-corrected chi connectivity index (χ2v) is 8.39. The third-order valence-electron chi connectivity index (χ3n) is 5.72. The van der Waals surface area contributed by atoms with E-state index in [9.17, 15) is 15.3 Å². The van der Waals surface area contributed by atoms with E-state index in [1.165, 1.54) is 77.0 Å². The van der Waals surface area contributed by atoms with Gasteiger partial charge in [0, 0.05) is 6.61 Å². The Bertz CT molecular complexity index is 385. The number of ether oxygens (including phenoxy) is 2. The zero-order valence-electron chi connectivity index (χ0n) is 18.6. The highest BCUT2D eigenvalue weighted by Crippen LogP contribution is 2.19. The highest BCUT2D eigenvalue weighted by Gasteiger charge is 2.39. The molecule has 0 spiro atoms. The number of aliphatic hydroxyl groups is 3. The van der Waals surface area contributed by atoms with Gasteiger partial charge in [-0.25, -0.2) is 0 Å². The topological polar surface area (TPSA) is 79.2 Å². The van der Waals surface area contributed by atoms with Crippen molar-refractivity contribution in [1.82, 2.24) is 0 Å². The summed E-state index contributed by atoms with van der Waals surface area (Å²) in [6.07, 6.45) is 19.2. The van der Waals surface area contributed by atoms with Crippen LogP contribution in [0.5, 0.6) is 0 Å². The molecule has 172 valence electrons. The van der Waals surface area contributed by atoms with Crippen LogP contribution in [0, 0.1) is 0 Å². The maximum atomic E-state index is 10.0. The van der Waals surface area contributed by atoms with E-state index >= 15 is 0 Å². The first-order valence-corrected chi connectivity index (χ1v) is 12.1. The van der Waals surface area contributed by atoms with E-state index in [2.05, 4.69) is 19.1 Å². The molecule has 29 heavy (non-hydrogen) atoms. The second-order valence-electron chi connectivity index (χ2n) is 8.39. The smallest absolute Gasteiger partial charge is 0.114 e. The Labute approximate surface area is 178 Å². The molecule has 0 bridgehead atoms. The molecule has 0 saturated carbocycles. The standard InChI is InChI=1S/C24H46O5/c1-2-3-4-5-6-7-8-9-10-11-12-13-14-15-16-17-18-28-24-22(19-25)29-20-21(26)23(24)27/h7-8,21-27H,2-6,9-20H2,1H3/b8-7+/t21-,22+,23+,24+/m1/s1. The van der Waals surface area contributed by atoms with Crippen molar-refractivity contribution in [3.05, 3.63) is 12.2 Å². The SMILES string of the molecule is CCCCCC/C=C/CCCCCCCCCCO[C@@H]1[C@@H](O)[C@H](O)CO[C@H]1CO. The molecule has 1 saturated heterocycles. The van der Waals surface area contributed by atoms with Crippen LogP contribution in [0.1, 0.15) is 96.8 Å². The Hall–Kier alpha value is -0.460. The van der Waals surface area contributed by atoms with Crippen molar-refractivity contribution < 1.29 is 24.8 Å². The molecule has 0 aromatic rings. The van der Waals surface area contributed by atoms with E-state index in [4.69, 9.17) is 9.47 Å². The number of hydrogen-bond donors (Lipinski definition) is 3. The van der Waals surface area contributed by atoms with E-state index in [1.807, 2.05) is 0 Å². The number of unbranched alkanes of at least 4 members (excludes halogenated alkanes) is 12. The maximum absolute atomic E-state index is 10.0. The molecule has 0 aromatic carbocycles. The van der Waals surface area contributed by atoms with E-state index in [0.29, 0.717) is 6.61 Å². The average molecular weight is 415 g/mol. The molecule has 1 fully saturated rings. The quantitative estimate of drug-likeness (QED) is 0.227. The van der Waals surface area contributed by atoms with Gasteiger partial charge in [0.1, 0.15) is 24.4 Å². The van der Waals surface area contributed by atoms with Crippen LogP contribution in [0.25, 0.3) is 0 Å². The van der Waals surface area contributed by atoms with Gasteiger partial charge in [0.15, 0.2) is 0 Å². The van der Waals surface area contributed by atoms with Gasteiger partial charge in [-0.3, -0.25) is 0 Å². The predicted molar refractivity (Wildman–Crippen MR) is 118 cm³/mol. The van der Waals surface area contributed by atoms with Crippen LogP contribution >= 0.6 is 0 Å². The molecule has 3 N–H and O–H groups in total. The molecule has 1 rings (SSSR count). The molecule has 5 heteroatoms. The summed E-state index contributed by atoms with van der Waals surface area (Å²) < 4.78 is 11.0. The van der Waals surface area contributed by atoms with Gasteiger partial charge in [0.2, 0.25) is 0 Å². The van der Waals surface area contributed by atoms with Crippen LogP contribution in [0.3, 0.4) is 0 Å². The summed E-state index contributed by atoms with van der Waals surface area (Å²) in [4.78, 5) is 0. The van der Waals surface area contributed by atoms with E-state index < -0.39 is 24.4 Å². The van der Waals surface area contributed by atoms with Gasteiger partial charge in [0.05, 0.1) is 13.2 Å². The fourth-order valence-corrected chi connectivity index (χ4v) is 3.79. The fourth-order valence-electron chi connectivity index (χ4n) is 3.79. The third-order valence-corrected chi connectivity index (χ3v) is 5.72. The van der Waals surface area contributed by atoms with E-state index in [0.717, 1.165) is 12.8 Å². The minimum absolute atomic E-state index is 0.0432. The molecular formula is C24H46O5. The summed E-state index contributed by atoms with van der Waals surface area (Å²) in [5.74, 6) is 0. The number of aliphatic hydroxyl groups excluding tert-OH is 3. The number of rotatable bonds is 18. The van der Waals surface area contributed by atoms with Crippen molar-refractivity contribution in [1.29, 1.82) is 0 Å². The van der Waals surface area contributed by atoms with Crippen LogP contribution < -0.4 is 0 Å². The molecule has 1 aliphatic rings. The minimum atomic E-state index is -0.989. The second kappa shape index (κ2) is 18.3. The summed E-state index contributed by atoms with van der Waals surface area (Å²) in [7, 11) is 0. The first kappa shape index (κ1) is 26.6. The zero-order valence-corrected chi connectivity index (χ0v) is 18.6. The molecule has 0 aliphatic carbocycles. The van der Waals surface area contributed by atoms with Crippen molar-refractivity contribution in [2.45, 2.75) is 121 Å². The van der Waals surface area contributed by atoms with E-state index in [1.54, 1.807) is 0 Å². The lowest BCUT2D eigenvalue weighted by atomic mass is 10.0. The van der Waals surface area contributed by atoms with Gasteiger partial charge in [-0.1, -0.05) is 76.9 Å². The normalized spacial score (nSPS) is 25.1. The largest absolute Gasteiger partial charge is 0.394 e. The van der Waals surface area contributed by atoms with Gasteiger partial charge in [-0.15, -0.1) is 0 Å². The summed E-state index contributed by atoms with van der Waals surface area (Å²) in [6.45, 7) is 2.62. The lowest BCUT2D eigenvalue weighted by Gasteiger charge is -2.37. The minimum Gasteiger partial charge on any atom is -0.394 e. The Kier molecular flexibility index (Phi) is 16.8. The summed E-state index contributed by atoms with van der Waals surface area (Å²) in [6, 6.07) is 0. The van der Waals surface area contributed by atoms with Crippen LogP contribution in [0.2, 0.25) is 0 Å². The van der Waals surface area contributed by atoms with Gasteiger partial charge >= 0.3 is 0 Å². The number of allylic oxidation sites excluding steroid dienone is 2. The van der Waals surface area contributed by atoms with Crippen molar-refractivity contribution in [3.8, 4) is 0 Å². The molecule has 0 aromatic heterocycles. The van der Waals surface area contributed by atoms with Crippen LogP contribution in [0.15, 0.2) is 12.2 Å². The fraction of sp³-hybridized carbons (Fsp3) is 0.917. The Morgan fingerprint density at radius 2 is 1.38 bits per heavy atom. The monoisotopic (exact) mass is 414 g/mol. The Morgan fingerprint density at radius 1 is 0.828 bits per heavy atom. The van der Waals surface area contributed by atoms with Gasteiger partial charge in [-0.05, 0) is 32.1 Å². The van der Waals surface area contributed by atoms with E-state index in [-0.39, 0.29) is 13.2 Å². The average Bonchev–Trinajstić information content (AvgIpc) is 2.73. The summed E-state index contributed by atoms with van der Waals surface area (Å²) in [5, 5.41) is 29.0. The molecule has 4 atom stereocenters. The third kappa shape index (κ3) is 12.7. The molecule has 1 heterocycles. The molecule has 1 aliphatic heterocycles. The summed E-state index contributed by atoms with van der Waals surface area (Å²) in [5.41, 5.74) is 0. The molecule has 0 radical (unpaired) electrons. The van der Waals surface area contributed by atoms with Crippen molar-refractivity contribution in [2.75, 3.05) is 19.8 Å². The van der Waals surface area contributed by atoms with Gasteiger partial charge in [-0.2, -0.15) is 0 Å². The van der Waals surface area contributed by atoms with Crippen LogP contribution in [0.4, 0.5) is 0 Å². The summed E-state index contributed by atoms with van der Waals surface area (Å²) >= 11 is 0. The van der Waals surface area contributed by atoms with Crippen molar-refractivity contribution in [3.63, 3.8) is 0 Å². The Morgan fingerprint density at radius 3 is 1.97 bits per heavy atom. The highest BCUT2D eigenvalue weighted by molar-refractivity contribution is 4.87.